The molecule has 6 heteroatoms. The molecule has 0 saturated carbocycles. The molecule has 0 aliphatic rings. The summed E-state index contributed by atoms with van der Waals surface area (Å²) < 4.78 is 15.9. The summed E-state index contributed by atoms with van der Waals surface area (Å²) in [7, 11) is 7.06. The van der Waals surface area contributed by atoms with Gasteiger partial charge in [0, 0.05) is 6.54 Å². The van der Waals surface area contributed by atoms with Crippen LogP contribution >= 0.6 is 0 Å². The fourth-order valence-corrected chi connectivity index (χ4v) is 2.47. The van der Waals surface area contributed by atoms with E-state index >= 15 is 0 Å². The number of likely N-dealkylation sites (N-methyl/N-ethyl adjacent to an activating group) is 1. The summed E-state index contributed by atoms with van der Waals surface area (Å²) in [4.78, 5) is 14.2. The lowest BCUT2D eigenvalue weighted by Gasteiger charge is -2.22. The van der Waals surface area contributed by atoms with Gasteiger partial charge in [-0.2, -0.15) is 0 Å². The van der Waals surface area contributed by atoms with Crippen molar-refractivity contribution in [2.75, 3.05) is 34.9 Å². The number of methoxy groups -OCH3 is 2. The minimum atomic E-state index is -0.0550. The van der Waals surface area contributed by atoms with Crippen molar-refractivity contribution >= 4 is 5.91 Å². The van der Waals surface area contributed by atoms with Crippen LogP contribution in [0.4, 0.5) is 0 Å². The van der Waals surface area contributed by atoms with Gasteiger partial charge in [0.1, 0.15) is 5.76 Å². The first kappa shape index (κ1) is 17.9. The molecule has 0 fully saturated rings. The van der Waals surface area contributed by atoms with E-state index in [4.69, 9.17) is 13.9 Å². The molecule has 24 heavy (non-hydrogen) atoms. The number of nitrogens with zero attached hydrogens (tertiary/aromatic N) is 1. The van der Waals surface area contributed by atoms with Gasteiger partial charge in [0.05, 0.1) is 32.9 Å². The van der Waals surface area contributed by atoms with Crippen LogP contribution < -0.4 is 14.8 Å². The van der Waals surface area contributed by atoms with Gasteiger partial charge in [0.2, 0.25) is 5.91 Å². The van der Waals surface area contributed by atoms with Gasteiger partial charge < -0.3 is 19.2 Å². The average Bonchev–Trinajstić information content (AvgIpc) is 3.08. The Kier molecular flexibility index (Phi) is 6.26. The molecule has 0 radical (unpaired) electrons. The Hall–Kier alpha value is -2.47. The number of carbonyl (C=O) groups is 1. The summed E-state index contributed by atoms with van der Waals surface area (Å²) in [6.45, 7) is 0.479. The Morgan fingerprint density at radius 2 is 1.96 bits per heavy atom. The zero-order valence-corrected chi connectivity index (χ0v) is 14.5. The maximum atomic E-state index is 12.2. The van der Waals surface area contributed by atoms with E-state index in [9.17, 15) is 4.79 Å². The summed E-state index contributed by atoms with van der Waals surface area (Å²) in [5.74, 6) is 2.03. The fraction of sp³-hybridized carbons (Fsp3) is 0.389. The Labute approximate surface area is 142 Å². The third-order valence-electron chi connectivity index (χ3n) is 3.80. The Balaban J connectivity index is 1.95. The van der Waals surface area contributed by atoms with Crippen LogP contribution in [0.15, 0.2) is 41.0 Å². The molecule has 2 aromatic rings. The van der Waals surface area contributed by atoms with Gasteiger partial charge in [-0.15, -0.1) is 0 Å². The summed E-state index contributed by atoms with van der Waals surface area (Å²) in [6, 6.07) is 9.22. The normalized spacial score (nSPS) is 12.0. The molecule has 0 spiro atoms. The number of hydrogen-bond acceptors (Lipinski definition) is 5. The van der Waals surface area contributed by atoms with Crippen molar-refractivity contribution in [1.29, 1.82) is 0 Å². The third kappa shape index (κ3) is 4.52. The van der Waals surface area contributed by atoms with E-state index in [-0.39, 0.29) is 18.4 Å². The standard InChI is InChI=1S/C18H24N2O4/c1-20(2)14(15-6-5-9-24-15)12-19-18(21)11-13-7-8-16(22-3)17(10-13)23-4/h5-10,14H,11-12H2,1-4H3,(H,19,21)/t14-/m1/s1. The van der Waals surface area contributed by atoms with E-state index in [0.717, 1.165) is 11.3 Å². The number of rotatable bonds is 8. The first-order valence-electron chi connectivity index (χ1n) is 7.72. The second kappa shape index (κ2) is 8.40. The van der Waals surface area contributed by atoms with E-state index in [1.165, 1.54) is 0 Å². The van der Waals surface area contributed by atoms with Gasteiger partial charge in [-0.25, -0.2) is 0 Å². The average molecular weight is 332 g/mol. The maximum absolute atomic E-state index is 12.2. The highest BCUT2D eigenvalue weighted by molar-refractivity contribution is 5.78. The molecule has 1 N–H and O–H groups in total. The van der Waals surface area contributed by atoms with Gasteiger partial charge in [-0.05, 0) is 43.9 Å². The van der Waals surface area contributed by atoms with Crippen molar-refractivity contribution in [2.24, 2.45) is 0 Å². The molecule has 0 aliphatic heterocycles. The molecule has 0 saturated heterocycles. The molecule has 1 heterocycles. The van der Waals surface area contributed by atoms with Crippen LogP contribution in [-0.2, 0) is 11.2 Å². The first-order chi connectivity index (χ1) is 11.5. The lowest BCUT2D eigenvalue weighted by Crippen LogP contribution is -2.35. The van der Waals surface area contributed by atoms with E-state index in [1.807, 2.05) is 43.3 Å². The Morgan fingerprint density at radius 1 is 1.21 bits per heavy atom. The topological polar surface area (TPSA) is 63.9 Å². The Bertz CT molecular complexity index is 653. The number of ether oxygens (including phenoxy) is 2. The molecular formula is C18H24N2O4. The number of hydrogen-bond donors (Lipinski definition) is 1. The molecule has 0 unspecified atom stereocenters. The fourth-order valence-electron chi connectivity index (χ4n) is 2.47. The summed E-state index contributed by atoms with van der Waals surface area (Å²) in [6.07, 6.45) is 1.91. The minimum Gasteiger partial charge on any atom is -0.493 e. The predicted octanol–water partition coefficient (Wildman–Crippen LogP) is 2.26. The summed E-state index contributed by atoms with van der Waals surface area (Å²) >= 11 is 0. The number of furan rings is 1. The molecule has 1 atom stereocenters. The lowest BCUT2D eigenvalue weighted by atomic mass is 10.1. The van der Waals surface area contributed by atoms with Crippen LogP contribution in [0.1, 0.15) is 17.4 Å². The lowest BCUT2D eigenvalue weighted by molar-refractivity contribution is -0.120. The number of carbonyl (C=O) groups excluding carboxylic acids is 1. The summed E-state index contributed by atoms with van der Waals surface area (Å²) in [5.41, 5.74) is 0.865. The number of amides is 1. The smallest absolute Gasteiger partial charge is 0.224 e. The van der Waals surface area contributed by atoms with Crippen molar-refractivity contribution < 1.29 is 18.7 Å². The molecule has 130 valence electrons. The molecule has 0 bridgehead atoms. The highest BCUT2D eigenvalue weighted by atomic mass is 16.5. The zero-order chi connectivity index (χ0) is 17.5. The number of benzene rings is 1. The SMILES string of the molecule is COc1ccc(CC(=O)NC[C@H](c2ccco2)N(C)C)cc1OC. The van der Waals surface area contributed by atoms with Gasteiger partial charge >= 0.3 is 0 Å². The maximum Gasteiger partial charge on any atom is 0.224 e. The van der Waals surface area contributed by atoms with E-state index < -0.39 is 0 Å². The predicted molar refractivity (Wildman–Crippen MR) is 91.4 cm³/mol. The summed E-state index contributed by atoms with van der Waals surface area (Å²) in [5, 5.41) is 2.95. The Morgan fingerprint density at radius 3 is 2.54 bits per heavy atom. The van der Waals surface area contributed by atoms with Crippen LogP contribution in [0.25, 0.3) is 0 Å². The molecular weight excluding hydrogens is 308 g/mol. The van der Waals surface area contributed by atoms with E-state index in [1.54, 1.807) is 26.5 Å². The van der Waals surface area contributed by atoms with Crippen molar-refractivity contribution in [3.8, 4) is 11.5 Å². The molecule has 6 nitrogen and oxygen atoms in total. The van der Waals surface area contributed by atoms with Crippen LogP contribution in [0.3, 0.4) is 0 Å². The van der Waals surface area contributed by atoms with Crippen LogP contribution in [0, 0.1) is 0 Å². The molecule has 2 rings (SSSR count). The van der Waals surface area contributed by atoms with Crippen molar-refractivity contribution in [1.82, 2.24) is 10.2 Å². The zero-order valence-electron chi connectivity index (χ0n) is 14.5. The first-order valence-corrected chi connectivity index (χ1v) is 7.72. The van der Waals surface area contributed by atoms with Crippen LogP contribution in [0.5, 0.6) is 11.5 Å². The second-order valence-electron chi connectivity index (χ2n) is 5.67. The largest absolute Gasteiger partial charge is 0.493 e. The molecule has 1 aromatic carbocycles. The second-order valence-corrected chi connectivity index (χ2v) is 5.67. The quantitative estimate of drug-likeness (QED) is 0.803. The molecule has 1 aromatic heterocycles. The van der Waals surface area contributed by atoms with E-state index in [0.29, 0.717) is 18.0 Å². The third-order valence-corrected chi connectivity index (χ3v) is 3.80. The van der Waals surface area contributed by atoms with Gasteiger partial charge in [0.15, 0.2) is 11.5 Å². The van der Waals surface area contributed by atoms with Crippen molar-refractivity contribution in [3.05, 3.63) is 47.9 Å². The monoisotopic (exact) mass is 332 g/mol. The van der Waals surface area contributed by atoms with Crippen LogP contribution in [-0.4, -0.2) is 45.7 Å². The van der Waals surface area contributed by atoms with Gasteiger partial charge in [0.25, 0.3) is 0 Å². The van der Waals surface area contributed by atoms with Crippen LogP contribution in [0.2, 0.25) is 0 Å². The highest BCUT2D eigenvalue weighted by Gasteiger charge is 2.18. The molecule has 1 amide bonds. The van der Waals surface area contributed by atoms with E-state index in [2.05, 4.69) is 5.32 Å². The van der Waals surface area contributed by atoms with Gasteiger partial charge in [-0.1, -0.05) is 6.07 Å². The number of nitrogens with one attached hydrogen (secondary N) is 1. The van der Waals surface area contributed by atoms with Crippen molar-refractivity contribution in [2.45, 2.75) is 12.5 Å². The minimum absolute atomic E-state index is 0.00523. The van der Waals surface area contributed by atoms with Crippen molar-refractivity contribution in [3.63, 3.8) is 0 Å². The highest BCUT2D eigenvalue weighted by Crippen LogP contribution is 2.27. The van der Waals surface area contributed by atoms with Gasteiger partial charge in [-0.3, -0.25) is 9.69 Å². The molecule has 0 aliphatic carbocycles.